The van der Waals surface area contributed by atoms with E-state index in [1.54, 1.807) is 42.5 Å². The van der Waals surface area contributed by atoms with Crippen molar-refractivity contribution in [2.75, 3.05) is 0 Å². The van der Waals surface area contributed by atoms with Crippen LogP contribution in [0.4, 0.5) is 4.39 Å². The molecule has 0 aliphatic carbocycles. The van der Waals surface area contributed by atoms with Gasteiger partial charge in [0.15, 0.2) is 0 Å². The second-order valence-electron chi connectivity index (χ2n) is 3.95. The first kappa shape index (κ1) is 10.7. The van der Waals surface area contributed by atoms with Crippen molar-refractivity contribution in [3.63, 3.8) is 0 Å². The lowest BCUT2D eigenvalue weighted by atomic mass is 10.1. The van der Waals surface area contributed by atoms with Gasteiger partial charge in [-0.15, -0.1) is 0 Å². The first-order chi connectivity index (χ1) is 8.77. The maximum Gasteiger partial charge on any atom is 0.200 e. The first-order valence-corrected chi connectivity index (χ1v) is 5.53. The third-order valence-electron chi connectivity index (χ3n) is 2.84. The van der Waals surface area contributed by atoms with Crippen molar-refractivity contribution in [3.05, 3.63) is 70.8 Å². The van der Waals surface area contributed by atoms with Crippen LogP contribution in [0.5, 0.6) is 0 Å². The van der Waals surface area contributed by atoms with Gasteiger partial charge in [-0.2, -0.15) is 0 Å². The van der Waals surface area contributed by atoms with Gasteiger partial charge in [0.05, 0.1) is 10.9 Å². The van der Waals surface area contributed by atoms with Gasteiger partial charge < -0.3 is 4.42 Å². The highest BCUT2D eigenvalue weighted by Gasteiger charge is 2.11. The van der Waals surface area contributed by atoms with E-state index < -0.39 is 5.82 Å². The van der Waals surface area contributed by atoms with Crippen molar-refractivity contribution in [2.24, 2.45) is 0 Å². The minimum absolute atomic E-state index is 0.220. The predicted octanol–water partition coefficient (Wildman–Crippen LogP) is 3.60. The monoisotopic (exact) mass is 240 g/mol. The molecular formula is C15H9FO2. The fourth-order valence-corrected chi connectivity index (χ4v) is 1.94. The fourth-order valence-electron chi connectivity index (χ4n) is 1.94. The van der Waals surface area contributed by atoms with Gasteiger partial charge in [-0.3, -0.25) is 4.79 Å². The Labute approximate surface area is 102 Å². The van der Waals surface area contributed by atoms with Gasteiger partial charge in [0, 0.05) is 5.56 Å². The number of para-hydroxylation sites is 1. The molecule has 3 heteroatoms. The van der Waals surface area contributed by atoms with Crippen LogP contribution in [0.15, 0.2) is 64.0 Å². The molecule has 0 saturated heterocycles. The molecule has 0 amide bonds. The Balaban J connectivity index is 2.35. The molecule has 0 aliphatic heterocycles. The largest absolute Gasteiger partial charge is 0.463 e. The molecule has 0 fully saturated rings. The maximum atomic E-state index is 13.7. The van der Waals surface area contributed by atoms with Crippen LogP contribution in [-0.2, 0) is 0 Å². The topological polar surface area (TPSA) is 30.2 Å². The number of benzene rings is 2. The maximum absolute atomic E-state index is 13.7. The molecule has 0 saturated carbocycles. The van der Waals surface area contributed by atoms with Gasteiger partial charge in [0.2, 0.25) is 5.43 Å². The van der Waals surface area contributed by atoms with Crippen LogP contribution < -0.4 is 5.43 Å². The van der Waals surface area contributed by atoms with E-state index in [-0.39, 0.29) is 16.6 Å². The zero-order valence-corrected chi connectivity index (χ0v) is 9.39. The summed E-state index contributed by atoms with van der Waals surface area (Å²) in [4.78, 5) is 12.3. The van der Waals surface area contributed by atoms with E-state index in [1.807, 2.05) is 0 Å². The van der Waals surface area contributed by atoms with Crippen LogP contribution in [0.25, 0.3) is 22.1 Å². The van der Waals surface area contributed by atoms with E-state index in [0.29, 0.717) is 11.0 Å². The zero-order valence-electron chi connectivity index (χ0n) is 9.39. The highest BCUT2D eigenvalue weighted by molar-refractivity contribution is 5.81. The van der Waals surface area contributed by atoms with Gasteiger partial charge in [0.1, 0.15) is 17.7 Å². The lowest BCUT2D eigenvalue weighted by molar-refractivity contribution is 0.600. The van der Waals surface area contributed by atoms with Crippen LogP contribution in [0, 0.1) is 5.82 Å². The minimum Gasteiger partial charge on any atom is -0.463 e. The molecule has 3 rings (SSSR count). The molecule has 18 heavy (non-hydrogen) atoms. The van der Waals surface area contributed by atoms with Gasteiger partial charge in [-0.25, -0.2) is 4.39 Å². The van der Waals surface area contributed by atoms with Crippen molar-refractivity contribution in [2.45, 2.75) is 0 Å². The summed E-state index contributed by atoms with van der Waals surface area (Å²) in [6.07, 6.45) is 1.31. The van der Waals surface area contributed by atoms with Crippen molar-refractivity contribution >= 4 is 11.0 Å². The molecule has 3 aromatic rings. The van der Waals surface area contributed by atoms with E-state index in [0.717, 1.165) is 0 Å². The molecular weight excluding hydrogens is 231 g/mol. The van der Waals surface area contributed by atoms with Crippen molar-refractivity contribution < 1.29 is 8.81 Å². The molecule has 0 bridgehead atoms. The average Bonchev–Trinajstić information content (AvgIpc) is 2.41. The van der Waals surface area contributed by atoms with Gasteiger partial charge in [0.25, 0.3) is 0 Å². The summed E-state index contributed by atoms with van der Waals surface area (Å²) in [5.41, 5.74) is 0.786. The summed E-state index contributed by atoms with van der Waals surface area (Å²) in [6, 6.07) is 13.1. The molecule has 2 aromatic carbocycles. The number of hydrogen-bond donors (Lipinski definition) is 0. The van der Waals surface area contributed by atoms with E-state index in [9.17, 15) is 9.18 Å². The van der Waals surface area contributed by atoms with Crippen LogP contribution in [0.2, 0.25) is 0 Å². The predicted molar refractivity (Wildman–Crippen MR) is 67.9 cm³/mol. The molecule has 0 unspecified atom stereocenters. The second kappa shape index (κ2) is 4.11. The van der Waals surface area contributed by atoms with Crippen LogP contribution in [0.1, 0.15) is 0 Å². The van der Waals surface area contributed by atoms with E-state index in [1.165, 1.54) is 12.3 Å². The number of rotatable bonds is 1. The van der Waals surface area contributed by atoms with E-state index in [2.05, 4.69) is 0 Å². The molecule has 0 radical (unpaired) electrons. The Hall–Kier alpha value is -2.42. The van der Waals surface area contributed by atoms with E-state index in [4.69, 9.17) is 4.42 Å². The Kier molecular flexibility index (Phi) is 2.45. The van der Waals surface area contributed by atoms with Gasteiger partial charge in [-0.1, -0.05) is 30.3 Å². The summed E-state index contributed by atoms with van der Waals surface area (Å²) in [7, 11) is 0. The molecule has 88 valence electrons. The smallest absolute Gasteiger partial charge is 0.200 e. The van der Waals surface area contributed by atoms with Crippen LogP contribution in [0.3, 0.4) is 0 Å². The number of halogens is 1. The lowest BCUT2D eigenvalue weighted by Gasteiger charge is -2.03. The number of hydrogen-bond acceptors (Lipinski definition) is 2. The van der Waals surface area contributed by atoms with Crippen LogP contribution in [-0.4, -0.2) is 0 Å². The lowest BCUT2D eigenvalue weighted by Crippen LogP contribution is -2.05. The molecule has 0 aliphatic rings. The van der Waals surface area contributed by atoms with Gasteiger partial charge in [-0.05, 0) is 18.2 Å². The molecule has 0 atom stereocenters. The third-order valence-corrected chi connectivity index (χ3v) is 2.84. The summed E-state index contributed by atoms with van der Waals surface area (Å²) in [5.74, 6) is -0.430. The molecule has 1 aromatic heterocycles. The van der Waals surface area contributed by atoms with Crippen molar-refractivity contribution in [3.8, 4) is 11.1 Å². The second-order valence-corrected chi connectivity index (χ2v) is 3.95. The Bertz CT molecular complexity index is 775. The normalized spacial score (nSPS) is 10.7. The average molecular weight is 240 g/mol. The Morgan fingerprint density at radius 3 is 2.44 bits per heavy atom. The van der Waals surface area contributed by atoms with Crippen LogP contribution >= 0.6 is 0 Å². The summed E-state index contributed by atoms with van der Waals surface area (Å²) in [5, 5.41) is 0.457. The summed E-state index contributed by atoms with van der Waals surface area (Å²) < 4.78 is 19.0. The Morgan fingerprint density at radius 1 is 0.889 bits per heavy atom. The van der Waals surface area contributed by atoms with E-state index >= 15 is 0 Å². The zero-order chi connectivity index (χ0) is 12.5. The SMILES string of the molecule is O=c1c(-c2ccccc2F)coc2ccccc12. The summed E-state index contributed by atoms with van der Waals surface area (Å²) >= 11 is 0. The highest BCUT2D eigenvalue weighted by atomic mass is 19.1. The molecule has 0 N–H and O–H groups in total. The first-order valence-electron chi connectivity index (χ1n) is 5.53. The molecule has 0 spiro atoms. The van der Waals surface area contributed by atoms with Crippen molar-refractivity contribution in [1.82, 2.24) is 0 Å². The molecule has 2 nitrogen and oxygen atoms in total. The standard InChI is InChI=1S/C15H9FO2/c16-13-7-3-1-5-10(13)12-9-18-14-8-4-2-6-11(14)15(12)17/h1-9H. The fraction of sp³-hybridized carbons (Fsp3) is 0. The van der Waals surface area contributed by atoms with Gasteiger partial charge >= 0.3 is 0 Å². The molecule has 1 heterocycles. The highest BCUT2D eigenvalue weighted by Crippen LogP contribution is 2.21. The summed E-state index contributed by atoms with van der Waals surface area (Å²) in [6.45, 7) is 0. The third kappa shape index (κ3) is 1.61. The number of fused-ring (bicyclic) bond motifs is 1. The van der Waals surface area contributed by atoms with Crippen molar-refractivity contribution in [1.29, 1.82) is 0 Å². The Morgan fingerprint density at radius 2 is 1.61 bits per heavy atom. The minimum atomic E-state index is -0.430. The quantitative estimate of drug-likeness (QED) is 0.650.